The maximum atomic E-state index is 12.0. The number of fused-ring (bicyclic) bond motifs is 1. The summed E-state index contributed by atoms with van der Waals surface area (Å²) in [4.78, 5) is 15.0. The number of hydrogen-bond donors (Lipinski definition) is 2. The van der Waals surface area contributed by atoms with Gasteiger partial charge >= 0.3 is 5.90 Å². The Balaban J connectivity index is 0.00000162. The number of rotatable bonds is 3. The van der Waals surface area contributed by atoms with E-state index in [1.54, 1.807) is 13.1 Å². The van der Waals surface area contributed by atoms with Gasteiger partial charge in [-0.3, -0.25) is 4.79 Å². The molecule has 1 aromatic carbocycles. The van der Waals surface area contributed by atoms with Crippen LogP contribution in [0.4, 0.5) is 0 Å². The molecule has 0 aliphatic carbocycles. The van der Waals surface area contributed by atoms with Gasteiger partial charge in [0.25, 0.3) is 5.78 Å². The molecule has 3 N–H and O–H groups in total. The SMILES string of the molecule is CCOC(=[NH2+])C(=O)c1c[nH]c2ccc(Br)cc12.[Cl-]. The van der Waals surface area contributed by atoms with Crippen molar-refractivity contribution in [3.63, 3.8) is 0 Å². The van der Waals surface area contributed by atoms with Gasteiger partial charge < -0.3 is 22.1 Å². The number of carbonyl (C=O) groups is 1. The number of hydrogen-bond acceptors (Lipinski definition) is 2. The molecule has 4 nitrogen and oxygen atoms in total. The van der Waals surface area contributed by atoms with E-state index >= 15 is 0 Å². The third-order valence-corrected chi connectivity index (χ3v) is 2.91. The van der Waals surface area contributed by atoms with Gasteiger partial charge in [-0.2, -0.15) is 0 Å². The number of benzene rings is 1. The van der Waals surface area contributed by atoms with Gasteiger partial charge in [0.2, 0.25) is 0 Å². The summed E-state index contributed by atoms with van der Waals surface area (Å²) in [6.45, 7) is 2.16. The Morgan fingerprint density at radius 2 is 2.22 bits per heavy atom. The Kier molecular flexibility index (Phi) is 4.93. The van der Waals surface area contributed by atoms with Crippen LogP contribution in [0.25, 0.3) is 10.9 Å². The molecule has 6 heteroatoms. The fourth-order valence-corrected chi connectivity index (χ4v) is 2.00. The van der Waals surface area contributed by atoms with Crippen molar-refractivity contribution in [1.29, 1.82) is 0 Å². The fraction of sp³-hybridized carbons (Fsp3) is 0.167. The molecule has 96 valence electrons. The largest absolute Gasteiger partial charge is 1.00 e. The van der Waals surface area contributed by atoms with E-state index in [1.165, 1.54) is 0 Å². The first-order chi connectivity index (χ1) is 8.13. The lowest BCUT2D eigenvalue weighted by Crippen LogP contribution is -3.00. The average Bonchev–Trinajstić information content (AvgIpc) is 2.71. The molecular weight excluding hydrogens is 320 g/mol. The number of aromatic amines is 1. The van der Waals surface area contributed by atoms with Crippen molar-refractivity contribution >= 4 is 38.5 Å². The second kappa shape index (κ2) is 6.02. The lowest BCUT2D eigenvalue weighted by atomic mass is 10.1. The number of halogens is 2. The topological polar surface area (TPSA) is 67.7 Å². The van der Waals surface area contributed by atoms with Gasteiger partial charge in [0, 0.05) is 21.6 Å². The number of ether oxygens (including phenoxy) is 1. The van der Waals surface area contributed by atoms with Crippen molar-refractivity contribution in [3.05, 3.63) is 34.4 Å². The van der Waals surface area contributed by atoms with Crippen LogP contribution in [0, 0.1) is 0 Å². The van der Waals surface area contributed by atoms with Crippen LogP contribution < -0.4 is 17.8 Å². The molecule has 1 heterocycles. The number of ketones is 1. The van der Waals surface area contributed by atoms with Crippen LogP contribution in [0.5, 0.6) is 0 Å². The van der Waals surface area contributed by atoms with Crippen molar-refractivity contribution in [2.45, 2.75) is 6.92 Å². The molecule has 2 rings (SSSR count). The molecule has 1 aromatic heterocycles. The average molecular weight is 332 g/mol. The molecule has 0 spiro atoms. The van der Waals surface area contributed by atoms with Crippen LogP contribution in [0.2, 0.25) is 0 Å². The Morgan fingerprint density at radius 3 is 2.89 bits per heavy atom. The van der Waals surface area contributed by atoms with E-state index in [2.05, 4.69) is 20.9 Å². The molecule has 0 atom stereocenters. The summed E-state index contributed by atoms with van der Waals surface area (Å²) in [7, 11) is 0. The van der Waals surface area contributed by atoms with Gasteiger partial charge in [0.1, 0.15) is 0 Å². The maximum Gasteiger partial charge on any atom is 0.408 e. The van der Waals surface area contributed by atoms with Crippen LogP contribution in [-0.4, -0.2) is 23.3 Å². The van der Waals surface area contributed by atoms with E-state index in [1.807, 2.05) is 18.2 Å². The highest BCUT2D eigenvalue weighted by molar-refractivity contribution is 9.10. The minimum absolute atomic E-state index is 0. The smallest absolute Gasteiger partial charge is 0.408 e. The molecular formula is C12H12BrClN2O2. The van der Waals surface area contributed by atoms with Gasteiger partial charge in [-0.05, 0) is 25.1 Å². The molecule has 0 unspecified atom stereocenters. The quantitative estimate of drug-likeness (QED) is 0.400. The number of aromatic nitrogens is 1. The van der Waals surface area contributed by atoms with Crippen molar-refractivity contribution in [3.8, 4) is 0 Å². The number of carbonyl (C=O) groups excluding carboxylic acids is 1. The standard InChI is InChI=1S/C12H11BrN2O2.ClH/c1-2-17-12(14)11(16)9-6-15-10-4-3-7(13)5-8(9)10;/h3-6,14-15H,2H2,1H3;1H. The highest BCUT2D eigenvalue weighted by Crippen LogP contribution is 2.23. The summed E-state index contributed by atoms with van der Waals surface area (Å²) in [6, 6.07) is 5.67. The number of nitrogens with two attached hydrogens (primary N) is 1. The van der Waals surface area contributed by atoms with E-state index in [0.29, 0.717) is 12.2 Å². The fourth-order valence-electron chi connectivity index (χ4n) is 1.63. The second-order valence-electron chi connectivity index (χ2n) is 3.52. The lowest BCUT2D eigenvalue weighted by Gasteiger charge is -1.98. The van der Waals surface area contributed by atoms with E-state index < -0.39 is 0 Å². The van der Waals surface area contributed by atoms with Crippen molar-refractivity contribution < 1.29 is 27.3 Å². The minimum Gasteiger partial charge on any atom is -1.00 e. The second-order valence-corrected chi connectivity index (χ2v) is 4.43. The molecule has 2 aromatic rings. The molecule has 0 aliphatic heterocycles. The summed E-state index contributed by atoms with van der Waals surface area (Å²) in [6.07, 6.45) is 1.64. The zero-order valence-corrected chi connectivity index (χ0v) is 12.0. The molecule has 0 amide bonds. The van der Waals surface area contributed by atoms with Crippen molar-refractivity contribution in [2.75, 3.05) is 6.61 Å². The summed E-state index contributed by atoms with van der Waals surface area (Å²) in [5.41, 5.74) is 1.41. The third-order valence-electron chi connectivity index (χ3n) is 2.41. The number of nitrogens with one attached hydrogen (secondary N) is 1. The molecule has 0 saturated carbocycles. The van der Waals surface area contributed by atoms with Gasteiger partial charge in [-0.15, -0.1) is 0 Å². The highest BCUT2D eigenvalue weighted by atomic mass is 79.9. The first-order valence-corrected chi connectivity index (χ1v) is 5.99. The van der Waals surface area contributed by atoms with Gasteiger partial charge in [-0.1, -0.05) is 15.9 Å². The summed E-state index contributed by atoms with van der Waals surface area (Å²) in [5, 5.41) is 6.39. The zero-order chi connectivity index (χ0) is 12.4. The summed E-state index contributed by atoms with van der Waals surface area (Å²) in [5.74, 6) is -0.371. The van der Waals surface area contributed by atoms with Gasteiger partial charge in [0.15, 0.2) is 0 Å². The van der Waals surface area contributed by atoms with Crippen LogP contribution in [0.1, 0.15) is 17.3 Å². The molecule has 18 heavy (non-hydrogen) atoms. The number of Topliss-reactive ketones (excluding diaryl/α,β-unsaturated/α-hetero) is 1. The van der Waals surface area contributed by atoms with Crippen molar-refractivity contribution in [1.82, 2.24) is 4.98 Å². The Morgan fingerprint density at radius 1 is 1.50 bits per heavy atom. The van der Waals surface area contributed by atoms with E-state index in [0.717, 1.165) is 15.4 Å². The first-order valence-electron chi connectivity index (χ1n) is 5.20. The third kappa shape index (κ3) is 2.73. The molecule has 0 aliphatic rings. The van der Waals surface area contributed by atoms with Gasteiger partial charge in [0.05, 0.1) is 12.2 Å². The Hall–Kier alpha value is -1.33. The van der Waals surface area contributed by atoms with Crippen LogP contribution >= 0.6 is 15.9 Å². The van der Waals surface area contributed by atoms with Crippen LogP contribution in [0.3, 0.4) is 0 Å². The predicted octanol–water partition coefficient (Wildman–Crippen LogP) is -1.69. The molecule has 0 saturated heterocycles. The first kappa shape index (κ1) is 14.7. The molecule has 0 radical (unpaired) electrons. The van der Waals surface area contributed by atoms with Crippen molar-refractivity contribution in [2.24, 2.45) is 0 Å². The zero-order valence-electron chi connectivity index (χ0n) is 9.67. The predicted molar refractivity (Wildman–Crippen MR) is 68.9 cm³/mol. The monoisotopic (exact) mass is 330 g/mol. The molecule has 0 bridgehead atoms. The minimum atomic E-state index is -0.295. The summed E-state index contributed by atoms with van der Waals surface area (Å²) >= 11 is 3.37. The maximum absolute atomic E-state index is 12.0. The summed E-state index contributed by atoms with van der Waals surface area (Å²) < 4.78 is 5.94. The van der Waals surface area contributed by atoms with Crippen LogP contribution in [-0.2, 0) is 4.74 Å². The molecule has 0 fully saturated rings. The normalized spacial score (nSPS) is 9.89. The van der Waals surface area contributed by atoms with E-state index in [4.69, 9.17) is 10.1 Å². The number of H-pyrrole nitrogens is 1. The Labute approximate surface area is 119 Å². The Bertz CT molecular complexity index is 595. The van der Waals surface area contributed by atoms with Crippen LogP contribution in [0.15, 0.2) is 28.9 Å². The van der Waals surface area contributed by atoms with E-state index in [9.17, 15) is 4.79 Å². The van der Waals surface area contributed by atoms with Gasteiger partial charge in [-0.25, -0.2) is 5.41 Å². The lowest BCUT2D eigenvalue weighted by molar-refractivity contribution is -0.137. The highest BCUT2D eigenvalue weighted by Gasteiger charge is 2.22. The van der Waals surface area contributed by atoms with E-state index in [-0.39, 0.29) is 24.1 Å².